The summed E-state index contributed by atoms with van der Waals surface area (Å²) >= 11 is 3.52. The molecule has 3 aromatic carbocycles. The van der Waals surface area contributed by atoms with Crippen LogP contribution in [0.15, 0.2) is 74.3 Å². The van der Waals surface area contributed by atoms with Crippen molar-refractivity contribution in [3.63, 3.8) is 0 Å². The second kappa shape index (κ2) is 7.20. The highest BCUT2D eigenvalue weighted by Gasteiger charge is 2.43. The van der Waals surface area contributed by atoms with Gasteiger partial charge in [-0.1, -0.05) is 40.2 Å². The highest BCUT2D eigenvalue weighted by atomic mass is 79.9. The Morgan fingerprint density at radius 1 is 0.903 bits per heavy atom. The second-order valence-electron chi connectivity index (χ2n) is 8.08. The van der Waals surface area contributed by atoms with Crippen LogP contribution in [-0.4, -0.2) is 5.91 Å². The van der Waals surface area contributed by atoms with Crippen molar-refractivity contribution in [2.75, 3.05) is 4.90 Å². The summed E-state index contributed by atoms with van der Waals surface area (Å²) in [6, 6.07) is 18.6. The van der Waals surface area contributed by atoms with E-state index in [1.165, 1.54) is 0 Å². The molecule has 1 atom stereocenters. The number of anilines is 1. The number of aryl methyl sites for hydroxylation is 3. The largest absolute Gasteiger partial charge is 0.450 e. The third-order valence-corrected chi connectivity index (χ3v) is 6.42. The van der Waals surface area contributed by atoms with Crippen LogP contribution >= 0.6 is 15.9 Å². The van der Waals surface area contributed by atoms with E-state index < -0.39 is 6.04 Å². The van der Waals surface area contributed by atoms with Crippen molar-refractivity contribution in [2.24, 2.45) is 0 Å². The van der Waals surface area contributed by atoms with Gasteiger partial charge in [-0.15, -0.1) is 0 Å². The van der Waals surface area contributed by atoms with Crippen LogP contribution in [0, 0.1) is 20.8 Å². The van der Waals surface area contributed by atoms with Crippen molar-refractivity contribution in [1.82, 2.24) is 0 Å². The molecule has 0 fully saturated rings. The van der Waals surface area contributed by atoms with Crippen LogP contribution in [0.2, 0.25) is 0 Å². The number of carbonyl (C=O) groups is 1. The van der Waals surface area contributed by atoms with Crippen molar-refractivity contribution in [1.29, 1.82) is 0 Å². The van der Waals surface area contributed by atoms with Gasteiger partial charge < -0.3 is 4.42 Å². The van der Waals surface area contributed by atoms with E-state index in [0.29, 0.717) is 16.5 Å². The zero-order chi connectivity index (χ0) is 21.9. The fraction of sp³-hybridized carbons (Fsp3) is 0.154. The number of nitrogens with zero attached hydrogens (tertiary/aromatic N) is 1. The lowest BCUT2D eigenvalue weighted by Crippen LogP contribution is -2.29. The first-order valence-corrected chi connectivity index (χ1v) is 10.9. The van der Waals surface area contributed by atoms with Gasteiger partial charge in [0, 0.05) is 10.2 Å². The summed E-state index contributed by atoms with van der Waals surface area (Å²) in [5.74, 6) is -0.185. The summed E-state index contributed by atoms with van der Waals surface area (Å²) in [6.45, 7) is 5.92. The minimum atomic E-state index is -0.566. The van der Waals surface area contributed by atoms with Crippen molar-refractivity contribution < 1.29 is 9.21 Å². The first-order valence-electron chi connectivity index (χ1n) is 10.1. The molecule has 2 heterocycles. The Morgan fingerprint density at radius 2 is 1.65 bits per heavy atom. The maximum absolute atomic E-state index is 13.7. The Bertz CT molecular complexity index is 1440. The van der Waals surface area contributed by atoms with Crippen molar-refractivity contribution in [3.8, 4) is 0 Å². The number of carbonyl (C=O) groups excluding carboxylic acids is 1. The number of hydrogen-bond donors (Lipinski definition) is 0. The predicted octanol–water partition coefficient (Wildman–Crippen LogP) is 6.23. The van der Waals surface area contributed by atoms with E-state index in [-0.39, 0.29) is 17.1 Å². The van der Waals surface area contributed by atoms with Gasteiger partial charge in [0.05, 0.1) is 17.0 Å². The summed E-state index contributed by atoms with van der Waals surface area (Å²) < 4.78 is 6.98. The van der Waals surface area contributed by atoms with E-state index in [1.807, 2.05) is 81.4 Å². The first-order chi connectivity index (χ1) is 14.8. The maximum atomic E-state index is 13.7. The molecule has 0 N–H and O–H groups in total. The SMILES string of the molecule is Cc1cccc(N2C(=O)c3oc4cc(C)c(C)cc4c(=O)c3C2c2cccc(Br)c2)c1. The molecule has 5 heteroatoms. The highest BCUT2D eigenvalue weighted by Crippen LogP contribution is 2.42. The van der Waals surface area contributed by atoms with E-state index in [9.17, 15) is 9.59 Å². The fourth-order valence-electron chi connectivity index (χ4n) is 4.26. The van der Waals surface area contributed by atoms with Crippen LogP contribution in [0.1, 0.15) is 44.4 Å². The molecule has 0 saturated carbocycles. The minimum absolute atomic E-state index is 0.118. The zero-order valence-corrected chi connectivity index (χ0v) is 19.0. The third kappa shape index (κ3) is 3.12. The lowest BCUT2D eigenvalue weighted by molar-refractivity contribution is 0.0971. The molecule has 0 saturated heterocycles. The van der Waals surface area contributed by atoms with Crippen LogP contribution in [0.4, 0.5) is 5.69 Å². The van der Waals surface area contributed by atoms with E-state index in [2.05, 4.69) is 15.9 Å². The molecule has 1 amide bonds. The Hall–Kier alpha value is -3.18. The number of hydrogen-bond acceptors (Lipinski definition) is 3. The summed E-state index contributed by atoms with van der Waals surface area (Å²) in [4.78, 5) is 29.0. The maximum Gasteiger partial charge on any atom is 0.295 e. The third-order valence-electron chi connectivity index (χ3n) is 5.93. The lowest BCUT2D eigenvalue weighted by Gasteiger charge is -2.25. The molecule has 1 aliphatic heterocycles. The van der Waals surface area contributed by atoms with Gasteiger partial charge in [-0.25, -0.2) is 0 Å². The quantitative estimate of drug-likeness (QED) is 0.346. The summed E-state index contributed by atoms with van der Waals surface area (Å²) in [7, 11) is 0. The Kier molecular flexibility index (Phi) is 4.59. The topological polar surface area (TPSA) is 50.5 Å². The Morgan fingerprint density at radius 3 is 2.39 bits per heavy atom. The van der Waals surface area contributed by atoms with E-state index in [4.69, 9.17) is 4.42 Å². The van der Waals surface area contributed by atoms with Gasteiger partial charge in [0.15, 0.2) is 5.43 Å². The van der Waals surface area contributed by atoms with Crippen molar-refractivity contribution >= 4 is 38.5 Å². The molecule has 0 radical (unpaired) electrons. The van der Waals surface area contributed by atoms with Crippen LogP contribution in [-0.2, 0) is 0 Å². The summed E-state index contributed by atoms with van der Waals surface area (Å²) in [5, 5.41) is 0.501. The van der Waals surface area contributed by atoms with Crippen LogP contribution < -0.4 is 10.3 Å². The van der Waals surface area contributed by atoms with Crippen molar-refractivity contribution in [3.05, 3.63) is 109 Å². The van der Waals surface area contributed by atoms with Gasteiger partial charge in [-0.2, -0.15) is 0 Å². The van der Waals surface area contributed by atoms with E-state index in [1.54, 1.807) is 4.90 Å². The van der Waals surface area contributed by atoms with Gasteiger partial charge in [0.25, 0.3) is 5.91 Å². The molecule has 1 unspecified atom stereocenters. The standard InChI is InChI=1S/C26H20BrNO3/c1-14-6-4-9-19(10-14)28-23(17-7-5-8-18(27)13-17)22-24(29)20-11-15(2)16(3)12-21(20)31-25(22)26(28)30/h4-13,23H,1-3H3. The molecule has 0 bridgehead atoms. The van der Waals surface area contributed by atoms with E-state index in [0.717, 1.165) is 32.4 Å². The summed E-state index contributed by atoms with van der Waals surface area (Å²) in [6.07, 6.45) is 0. The molecule has 4 aromatic rings. The number of rotatable bonds is 2. The van der Waals surface area contributed by atoms with Crippen LogP contribution in [0.3, 0.4) is 0 Å². The predicted molar refractivity (Wildman–Crippen MR) is 126 cm³/mol. The average Bonchev–Trinajstić information content (AvgIpc) is 3.02. The molecule has 1 aromatic heterocycles. The molecule has 5 rings (SSSR count). The second-order valence-corrected chi connectivity index (χ2v) is 8.99. The lowest BCUT2D eigenvalue weighted by atomic mass is 9.97. The van der Waals surface area contributed by atoms with Crippen molar-refractivity contribution in [2.45, 2.75) is 26.8 Å². The molecule has 4 nitrogen and oxygen atoms in total. The van der Waals surface area contributed by atoms with Gasteiger partial charge in [0.2, 0.25) is 5.76 Å². The molecular formula is C26H20BrNO3. The van der Waals surface area contributed by atoms with Gasteiger partial charge in [0.1, 0.15) is 5.58 Å². The molecule has 0 aliphatic carbocycles. The van der Waals surface area contributed by atoms with Gasteiger partial charge in [-0.3, -0.25) is 14.5 Å². The fourth-order valence-corrected chi connectivity index (χ4v) is 4.68. The van der Waals surface area contributed by atoms with Crippen LogP contribution in [0.5, 0.6) is 0 Å². The molecule has 31 heavy (non-hydrogen) atoms. The van der Waals surface area contributed by atoms with Crippen LogP contribution in [0.25, 0.3) is 11.0 Å². The molecule has 154 valence electrons. The van der Waals surface area contributed by atoms with E-state index >= 15 is 0 Å². The number of amides is 1. The number of fused-ring (bicyclic) bond motifs is 2. The minimum Gasteiger partial charge on any atom is -0.450 e. The summed E-state index contributed by atoms with van der Waals surface area (Å²) in [5.41, 5.74) is 5.31. The molecule has 1 aliphatic rings. The normalized spacial score (nSPS) is 15.5. The molecular weight excluding hydrogens is 454 g/mol. The zero-order valence-electron chi connectivity index (χ0n) is 17.4. The monoisotopic (exact) mass is 473 g/mol. The number of halogens is 1. The number of benzene rings is 3. The molecule has 0 spiro atoms. The Balaban J connectivity index is 1.85. The van der Waals surface area contributed by atoms with Gasteiger partial charge in [-0.05, 0) is 79.4 Å². The smallest absolute Gasteiger partial charge is 0.295 e. The first kappa shape index (κ1) is 19.8. The Labute approximate surface area is 188 Å². The average molecular weight is 474 g/mol. The highest BCUT2D eigenvalue weighted by molar-refractivity contribution is 9.10. The van der Waals surface area contributed by atoms with Gasteiger partial charge >= 0.3 is 0 Å².